The molecule has 0 aliphatic rings. The molecule has 0 atom stereocenters. The Hall–Kier alpha value is -1.65. The molecule has 0 heterocycles. The predicted octanol–water partition coefficient (Wildman–Crippen LogP) is 5.22. The average molecular weight is 404 g/mol. The van der Waals surface area contributed by atoms with Crippen LogP contribution in [-0.4, -0.2) is 22.5 Å². The molecule has 25 heavy (non-hydrogen) atoms. The normalized spacial score (nSPS) is 11.7. The summed E-state index contributed by atoms with van der Waals surface area (Å²) in [5, 5.41) is 9.02. The Morgan fingerprint density at radius 1 is 0.960 bits per heavy atom. The van der Waals surface area contributed by atoms with Crippen molar-refractivity contribution in [3.8, 4) is 0 Å². The van der Waals surface area contributed by atoms with Crippen molar-refractivity contribution < 1.29 is 9.90 Å². The van der Waals surface area contributed by atoms with E-state index in [-0.39, 0.29) is 11.8 Å². The zero-order valence-electron chi connectivity index (χ0n) is 15.1. The molecule has 0 saturated heterocycles. The topological polar surface area (TPSA) is 40.5 Å². The standard InChI is InChI=1S/C21H26BrNO2/c1-21(2,3)18-8-4-16(5-9-18)14-23(13-12-20(24)25)15-17-6-10-19(22)11-7-17/h4-11H,12-15H2,1-3H3,(H,24,25). The lowest BCUT2D eigenvalue weighted by molar-refractivity contribution is -0.137. The van der Waals surface area contributed by atoms with E-state index in [1.807, 2.05) is 12.1 Å². The Bertz CT molecular complexity index is 687. The fourth-order valence-corrected chi connectivity index (χ4v) is 2.95. The molecule has 2 rings (SSSR count). The van der Waals surface area contributed by atoms with Gasteiger partial charge in [0, 0.05) is 24.1 Å². The second kappa shape index (κ2) is 8.63. The van der Waals surface area contributed by atoms with Crippen LogP contribution in [0.4, 0.5) is 0 Å². The lowest BCUT2D eigenvalue weighted by Crippen LogP contribution is -2.25. The smallest absolute Gasteiger partial charge is 0.304 e. The van der Waals surface area contributed by atoms with E-state index in [0.29, 0.717) is 6.54 Å². The van der Waals surface area contributed by atoms with Gasteiger partial charge in [-0.25, -0.2) is 0 Å². The van der Waals surface area contributed by atoms with Crippen molar-refractivity contribution in [2.24, 2.45) is 0 Å². The summed E-state index contributed by atoms with van der Waals surface area (Å²) < 4.78 is 1.05. The fourth-order valence-electron chi connectivity index (χ4n) is 2.68. The Morgan fingerprint density at radius 2 is 1.44 bits per heavy atom. The molecule has 2 aromatic carbocycles. The molecule has 0 radical (unpaired) electrons. The van der Waals surface area contributed by atoms with E-state index < -0.39 is 5.97 Å². The van der Waals surface area contributed by atoms with Gasteiger partial charge in [-0.1, -0.05) is 73.1 Å². The van der Waals surface area contributed by atoms with Crippen LogP contribution in [0.25, 0.3) is 0 Å². The molecule has 0 spiro atoms. The maximum Gasteiger partial charge on any atom is 0.304 e. The highest BCUT2D eigenvalue weighted by Crippen LogP contribution is 2.23. The Labute approximate surface area is 158 Å². The third-order valence-corrected chi connectivity index (χ3v) is 4.72. The van der Waals surface area contributed by atoms with Gasteiger partial charge >= 0.3 is 5.97 Å². The maximum absolute atomic E-state index is 11.0. The summed E-state index contributed by atoms with van der Waals surface area (Å²) in [4.78, 5) is 13.2. The summed E-state index contributed by atoms with van der Waals surface area (Å²) in [6.07, 6.45) is 0.149. The van der Waals surface area contributed by atoms with Gasteiger partial charge in [-0.05, 0) is 34.2 Å². The zero-order chi connectivity index (χ0) is 18.4. The van der Waals surface area contributed by atoms with Gasteiger partial charge in [0.05, 0.1) is 6.42 Å². The first-order chi connectivity index (χ1) is 11.7. The molecular formula is C21H26BrNO2. The molecule has 0 saturated carbocycles. The van der Waals surface area contributed by atoms with Gasteiger partial charge < -0.3 is 5.11 Å². The molecule has 4 heteroatoms. The van der Waals surface area contributed by atoms with E-state index in [1.165, 1.54) is 16.7 Å². The number of carboxylic acid groups (broad SMARTS) is 1. The van der Waals surface area contributed by atoms with Gasteiger partial charge in [0.1, 0.15) is 0 Å². The van der Waals surface area contributed by atoms with Crippen molar-refractivity contribution >= 4 is 21.9 Å². The highest BCUT2D eigenvalue weighted by atomic mass is 79.9. The van der Waals surface area contributed by atoms with Gasteiger partial charge in [0.2, 0.25) is 0 Å². The van der Waals surface area contributed by atoms with Crippen LogP contribution in [0.1, 0.15) is 43.9 Å². The van der Waals surface area contributed by atoms with E-state index in [1.54, 1.807) is 0 Å². The van der Waals surface area contributed by atoms with Crippen LogP contribution in [0, 0.1) is 0 Å². The van der Waals surface area contributed by atoms with E-state index >= 15 is 0 Å². The van der Waals surface area contributed by atoms with Crippen LogP contribution in [0.3, 0.4) is 0 Å². The Kier molecular flexibility index (Phi) is 6.79. The van der Waals surface area contributed by atoms with Crippen molar-refractivity contribution in [2.45, 2.75) is 45.7 Å². The number of nitrogens with zero attached hydrogens (tertiary/aromatic N) is 1. The summed E-state index contributed by atoms with van der Waals surface area (Å²) in [5.74, 6) is -0.760. The number of hydrogen-bond donors (Lipinski definition) is 1. The second-order valence-corrected chi connectivity index (χ2v) is 8.34. The first-order valence-electron chi connectivity index (χ1n) is 8.52. The molecule has 2 aromatic rings. The molecule has 0 unspecified atom stereocenters. The van der Waals surface area contributed by atoms with Crippen LogP contribution in [0.5, 0.6) is 0 Å². The molecule has 0 fully saturated rings. The number of carbonyl (C=O) groups is 1. The molecule has 0 amide bonds. The van der Waals surface area contributed by atoms with Crippen LogP contribution in [-0.2, 0) is 23.3 Å². The third-order valence-electron chi connectivity index (χ3n) is 4.19. The number of hydrogen-bond acceptors (Lipinski definition) is 2. The summed E-state index contributed by atoms with van der Waals surface area (Å²) in [6, 6.07) is 16.8. The minimum Gasteiger partial charge on any atom is -0.481 e. The van der Waals surface area contributed by atoms with Gasteiger partial charge in [-0.15, -0.1) is 0 Å². The quantitative estimate of drug-likeness (QED) is 0.688. The van der Waals surface area contributed by atoms with Crippen molar-refractivity contribution in [3.63, 3.8) is 0 Å². The largest absolute Gasteiger partial charge is 0.481 e. The van der Waals surface area contributed by atoms with Crippen molar-refractivity contribution in [3.05, 3.63) is 69.7 Å². The predicted molar refractivity (Wildman–Crippen MR) is 106 cm³/mol. The molecule has 0 bridgehead atoms. The SMILES string of the molecule is CC(C)(C)c1ccc(CN(CCC(=O)O)Cc2ccc(Br)cc2)cc1. The average Bonchev–Trinajstić information content (AvgIpc) is 2.54. The number of halogens is 1. The van der Waals surface area contributed by atoms with Crippen molar-refractivity contribution in [2.75, 3.05) is 6.54 Å². The molecule has 1 N–H and O–H groups in total. The summed E-state index contributed by atoms with van der Waals surface area (Å²) in [7, 11) is 0. The van der Waals surface area contributed by atoms with Crippen molar-refractivity contribution in [1.82, 2.24) is 4.90 Å². The number of aliphatic carboxylic acids is 1. The van der Waals surface area contributed by atoms with E-state index in [0.717, 1.165) is 17.6 Å². The molecule has 0 aliphatic carbocycles. The number of rotatable bonds is 7. The number of benzene rings is 2. The first kappa shape index (κ1) is 19.7. The summed E-state index contributed by atoms with van der Waals surface area (Å²) in [5.41, 5.74) is 3.83. The van der Waals surface area contributed by atoms with E-state index in [9.17, 15) is 4.79 Å². The minimum absolute atomic E-state index is 0.138. The zero-order valence-corrected chi connectivity index (χ0v) is 16.7. The maximum atomic E-state index is 11.0. The minimum atomic E-state index is -0.760. The lowest BCUT2D eigenvalue weighted by atomic mass is 9.87. The highest BCUT2D eigenvalue weighted by Gasteiger charge is 2.14. The first-order valence-corrected chi connectivity index (χ1v) is 9.31. The summed E-state index contributed by atoms with van der Waals surface area (Å²) in [6.45, 7) is 8.62. The molecular weight excluding hydrogens is 378 g/mol. The van der Waals surface area contributed by atoms with Crippen LogP contribution in [0.15, 0.2) is 53.0 Å². The van der Waals surface area contributed by atoms with Crippen LogP contribution < -0.4 is 0 Å². The van der Waals surface area contributed by atoms with Gasteiger partial charge in [0.15, 0.2) is 0 Å². The third kappa shape index (κ3) is 6.63. The number of carboxylic acids is 1. The van der Waals surface area contributed by atoms with Gasteiger partial charge in [0.25, 0.3) is 0 Å². The van der Waals surface area contributed by atoms with Crippen molar-refractivity contribution in [1.29, 1.82) is 0 Å². The molecule has 3 nitrogen and oxygen atoms in total. The molecule has 134 valence electrons. The van der Waals surface area contributed by atoms with Crippen LogP contribution >= 0.6 is 15.9 Å². The van der Waals surface area contributed by atoms with E-state index in [4.69, 9.17) is 5.11 Å². The molecule has 0 aromatic heterocycles. The van der Waals surface area contributed by atoms with Gasteiger partial charge in [-0.3, -0.25) is 9.69 Å². The Balaban J connectivity index is 2.09. The Morgan fingerprint density at radius 3 is 1.88 bits per heavy atom. The molecule has 0 aliphatic heterocycles. The second-order valence-electron chi connectivity index (χ2n) is 7.43. The lowest BCUT2D eigenvalue weighted by Gasteiger charge is -2.23. The monoisotopic (exact) mass is 403 g/mol. The van der Waals surface area contributed by atoms with Gasteiger partial charge in [-0.2, -0.15) is 0 Å². The van der Waals surface area contributed by atoms with Crippen LogP contribution in [0.2, 0.25) is 0 Å². The fraction of sp³-hybridized carbons (Fsp3) is 0.381. The summed E-state index contributed by atoms with van der Waals surface area (Å²) >= 11 is 3.45. The van der Waals surface area contributed by atoms with E-state index in [2.05, 4.69) is 78.0 Å². The highest BCUT2D eigenvalue weighted by molar-refractivity contribution is 9.10.